The van der Waals surface area contributed by atoms with Gasteiger partial charge in [-0.15, -0.1) is 0 Å². The summed E-state index contributed by atoms with van der Waals surface area (Å²) in [5, 5.41) is 10.5. The van der Waals surface area contributed by atoms with Gasteiger partial charge in [0.05, 0.1) is 37.8 Å². The van der Waals surface area contributed by atoms with E-state index >= 15 is 0 Å². The molecule has 2 aromatic heterocycles. The summed E-state index contributed by atoms with van der Waals surface area (Å²) >= 11 is 0. The molecule has 0 amide bonds. The van der Waals surface area contributed by atoms with Crippen molar-refractivity contribution in [1.29, 1.82) is 0 Å². The number of aliphatic hydroxyl groups excluding tert-OH is 1. The third kappa shape index (κ3) is 3.52. The molecule has 1 unspecified atom stereocenters. The monoisotopic (exact) mass is 393 g/mol. The number of nitrogens with zero attached hydrogens (tertiary/aromatic N) is 5. The van der Waals surface area contributed by atoms with Crippen molar-refractivity contribution in [2.75, 3.05) is 31.2 Å². The smallest absolute Gasteiger partial charge is 0.387 e. The molecule has 1 fully saturated rings. The van der Waals surface area contributed by atoms with E-state index in [1.165, 1.54) is 30.9 Å². The van der Waals surface area contributed by atoms with Gasteiger partial charge < -0.3 is 19.3 Å². The Morgan fingerprint density at radius 2 is 1.86 bits per heavy atom. The number of morpholine rings is 1. The molecule has 7 nitrogen and oxygen atoms in total. The first-order chi connectivity index (χ1) is 13.4. The number of hydrogen-bond acceptors (Lipinski definition) is 6. The third-order valence-corrected chi connectivity index (χ3v) is 4.69. The lowest BCUT2D eigenvalue weighted by Crippen LogP contribution is -2.37. The van der Waals surface area contributed by atoms with Crippen LogP contribution in [0.3, 0.4) is 0 Å². The highest BCUT2D eigenvalue weighted by Gasteiger charge is 2.34. The fourth-order valence-corrected chi connectivity index (χ4v) is 3.34. The molecule has 0 radical (unpaired) electrons. The van der Waals surface area contributed by atoms with Crippen LogP contribution >= 0.6 is 0 Å². The van der Waals surface area contributed by atoms with E-state index in [1.54, 1.807) is 4.57 Å². The fourth-order valence-electron chi connectivity index (χ4n) is 3.34. The van der Waals surface area contributed by atoms with Gasteiger partial charge in [0.15, 0.2) is 17.0 Å². The molecule has 4 rings (SSSR count). The first kappa shape index (κ1) is 18.6. The fraction of sp³-hybridized carbons (Fsp3) is 0.389. The molecule has 0 saturated carbocycles. The van der Waals surface area contributed by atoms with E-state index in [2.05, 4.69) is 15.0 Å². The minimum absolute atomic E-state index is 0.108. The molecule has 28 heavy (non-hydrogen) atoms. The molecular weight excluding hydrogens is 375 g/mol. The van der Waals surface area contributed by atoms with E-state index < -0.39 is 17.8 Å². The number of benzene rings is 1. The highest BCUT2D eigenvalue weighted by Crippen LogP contribution is 2.35. The van der Waals surface area contributed by atoms with E-state index in [0.29, 0.717) is 43.3 Å². The summed E-state index contributed by atoms with van der Waals surface area (Å²) < 4.78 is 46.6. The van der Waals surface area contributed by atoms with Crippen molar-refractivity contribution in [2.24, 2.45) is 0 Å². The van der Waals surface area contributed by atoms with Gasteiger partial charge in [0.1, 0.15) is 6.33 Å². The van der Waals surface area contributed by atoms with Gasteiger partial charge in [0.25, 0.3) is 0 Å². The van der Waals surface area contributed by atoms with E-state index in [0.717, 1.165) is 6.07 Å². The maximum atomic E-state index is 13.2. The molecule has 1 aliphatic rings. The SMILES string of the molecule is OC(Cn1cnc2c(N3CCOCC3)ncnc21)c1ccccc1C(F)(F)F. The number of hydrogen-bond donors (Lipinski definition) is 1. The number of alkyl halides is 3. The van der Waals surface area contributed by atoms with Crippen LogP contribution in [0.25, 0.3) is 11.2 Å². The van der Waals surface area contributed by atoms with E-state index in [4.69, 9.17) is 4.74 Å². The second kappa shape index (κ2) is 7.36. The maximum absolute atomic E-state index is 13.2. The van der Waals surface area contributed by atoms with Gasteiger partial charge in [0, 0.05) is 13.1 Å². The Hall–Kier alpha value is -2.72. The zero-order valence-electron chi connectivity index (χ0n) is 14.8. The normalized spacial score (nSPS) is 16.5. The Morgan fingerprint density at radius 1 is 1.11 bits per heavy atom. The maximum Gasteiger partial charge on any atom is 0.416 e. The summed E-state index contributed by atoms with van der Waals surface area (Å²) in [6.07, 6.45) is -3.05. The summed E-state index contributed by atoms with van der Waals surface area (Å²) in [6.45, 7) is 2.39. The summed E-state index contributed by atoms with van der Waals surface area (Å²) in [5.74, 6) is 0.650. The number of anilines is 1. The van der Waals surface area contributed by atoms with Gasteiger partial charge in [-0.1, -0.05) is 18.2 Å². The molecule has 0 aliphatic carbocycles. The van der Waals surface area contributed by atoms with E-state index in [9.17, 15) is 18.3 Å². The Bertz CT molecular complexity index is 969. The molecule has 148 valence electrons. The zero-order chi connectivity index (χ0) is 19.7. The second-order valence-corrected chi connectivity index (χ2v) is 6.47. The molecule has 1 atom stereocenters. The molecule has 3 aromatic rings. The number of rotatable bonds is 4. The van der Waals surface area contributed by atoms with E-state index in [-0.39, 0.29) is 12.1 Å². The lowest BCUT2D eigenvalue weighted by molar-refractivity contribution is -0.139. The molecule has 0 bridgehead atoms. The second-order valence-electron chi connectivity index (χ2n) is 6.47. The van der Waals surface area contributed by atoms with Gasteiger partial charge in [-0.05, 0) is 11.6 Å². The van der Waals surface area contributed by atoms with Crippen LogP contribution in [-0.4, -0.2) is 50.9 Å². The van der Waals surface area contributed by atoms with Crippen molar-refractivity contribution >= 4 is 17.0 Å². The van der Waals surface area contributed by atoms with Gasteiger partial charge in [-0.3, -0.25) is 0 Å². The number of aromatic nitrogens is 4. The first-order valence-electron chi connectivity index (χ1n) is 8.78. The number of ether oxygens (including phenoxy) is 1. The minimum atomic E-state index is -4.54. The van der Waals surface area contributed by atoms with Gasteiger partial charge in [-0.2, -0.15) is 13.2 Å². The summed E-state index contributed by atoms with van der Waals surface area (Å²) in [5.41, 5.74) is -0.0319. The van der Waals surface area contributed by atoms with Crippen molar-refractivity contribution in [3.8, 4) is 0 Å². The van der Waals surface area contributed by atoms with Crippen LogP contribution in [0.4, 0.5) is 19.0 Å². The molecule has 1 aliphatic heterocycles. The van der Waals surface area contributed by atoms with Gasteiger partial charge in [0.2, 0.25) is 0 Å². The molecule has 3 heterocycles. The highest BCUT2D eigenvalue weighted by molar-refractivity contribution is 5.83. The molecule has 0 spiro atoms. The van der Waals surface area contributed by atoms with Gasteiger partial charge >= 0.3 is 6.18 Å². The molecular formula is C18H18F3N5O2. The summed E-state index contributed by atoms with van der Waals surface area (Å²) in [7, 11) is 0. The van der Waals surface area contributed by atoms with Crippen molar-refractivity contribution < 1.29 is 23.0 Å². The summed E-state index contributed by atoms with van der Waals surface area (Å²) in [6, 6.07) is 5.01. The Labute approximate surface area is 158 Å². The van der Waals surface area contributed by atoms with Crippen LogP contribution in [0.5, 0.6) is 0 Å². The largest absolute Gasteiger partial charge is 0.416 e. The van der Waals surface area contributed by atoms with Crippen LogP contribution < -0.4 is 4.90 Å². The Morgan fingerprint density at radius 3 is 2.61 bits per heavy atom. The van der Waals surface area contributed by atoms with Crippen molar-refractivity contribution in [2.45, 2.75) is 18.8 Å². The topological polar surface area (TPSA) is 76.3 Å². The zero-order valence-corrected chi connectivity index (χ0v) is 14.8. The van der Waals surface area contributed by atoms with E-state index in [1.807, 2.05) is 4.90 Å². The van der Waals surface area contributed by atoms with Crippen LogP contribution in [0.2, 0.25) is 0 Å². The lowest BCUT2D eigenvalue weighted by Gasteiger charge is -2.27. The Kier molecular flexibility index (Phi) is 4.90. The van der Waals surface area contributed by atoms with Crippen LogP contribution in [0.15, 0.2) is 36.9 Å². The van der Waals surface area contributed by atoms with Crippen molar-refractivity contribution in [3.05, 3.63) is 48.0 Å². The lowest BCUT2D eigenvalue weighted by atomic mass is 10.0. The van der Waals surface area contributed by atoms with Crippen molar-refractivity contribution in [1.82, 2.24) is 19.5 Å². The number of halogens is 3. The minimum Gasteiger partial charge on any atom is -0.387 e. The molecule has 1 saturated heterocycles. The number of imidazole rings is 1. The first-order valence-corrected chi connectivity index (χ1v) is 8.78. The van der Waals surface area contributed by atoms with Crippen LogP contribution in [0, 0.1) is 0 Å². The average Bonchev–Trinajstić information content (AvgIpc) is 3.11. The molecule has 1 aromatic carbocycles. The van der Waals surface area contributed by atoms with Crippen LogP contribution in [-0.2, 0) is 17.5 Å². The average molecular weight is 393 g/mol. The molecule has 1 N–H and O–H groups in total. The third-order valence-electron chi connectivity index (χ3n) is 4.69. The van der Waals surface area contributed by atoms with Crippen molar-refractivity contribution in [3.63, 3.8) is 0 Å². The summed E-state index contributed by atoms with van der Waals surface area (Å²) in [4.78, 5) is 14.9. The number of aliphatic hydroxyl groups is 1. The standard InChI is InChI=1S/C18H18F3N5O2/c19-18(20,21)13-4-2-1-3-12(13)14(27)9-26-11-24-15-16(22-10-23-17(15)26)25-5-7-28-8-6-25/h1-4,10-11,14,27H,5-9H2. The molecule has 10 heteroatoms. The van der Waals surface area contributed by atoms with Gasteiger partial charge in [-0.25, -0.2) is 15.0 Å². The van der Waals surface area contributed by atoms with Crippen LogP contribution in [0.1, 0.15) is 17.2 Å². The highest BCUT2D eigenvalue weighted by atomic mass is 19.4. The predicted octanol–water partition coefficient (Wildman–Crippen LogP) is 2.42. The predicted molar refractivity (Wildman–Crippen MR) is 94.8 cm³/mol. The quantitative estimate of drug-likeness (QED) is 0.734. The Balaban J connectivity index is 1.64. The number of fused-ring (bicyclic) bond motifs is 1.